The van der Waals surface area contributed by atoms with E-state index >= 15 is 0 Å². The molecule has 0 radical (unpaired) electrons. The molecule has 3 aromatic heterocycles. The van der Waals surface area contributed by atoms with Crippen LogP contribution in [-0.2, 0) is 13.1 Å². The highest BCUT2D eigenvalue weighted by molar-refractivity contribution is 5.92. The number of carbonyl (C=O) groups is 1. The summed E-state index contributed by atoms with van der Waals surface area (Å²) >= 11 is 0. The zero-order chi connectivity index (χ0) is 24.0. The third kappa shape index (κ3) is 3.85. The Hall–Kier alpha value is -4.27. The zero-order valence-electron chi connectivity index (χ0n) is 18.6. The van der Waals surface area contributed by atoms with Crippen molar-refractivity contribution in [2.45, 2.75) is 33.0 Å². The maximum absolute atomic E-state index is 13.5. The summed E-state index contributed by atoms with van der Waals surface area (Å²) in [4.78, 5) is 35.0. The van der Waals surface area contributed by atoms with Crippen molar-refractivity contribution in [1.29, 1.82) is 0 Å². The largest absolute Gasteiger partial charge is 0.476 e. The van der Waals surface area contributed by atoms with E-state index in [9.17, 15) is 19.1 Å². The maximum Gasteiger partial charge on any atom is 0.356 e. The Bertz CT molecular complexity index is 1480. The monoisotopic (exact) mass is 459 g/mol. The van der Waals surface area contributed by atoms with Crippen molar-refractivity contribution in [3.05, 3.63) is 99.0 Å². The SMILES string of the molecule is Cc1cc([C@@H](C)Nc2ccc(F)nc2C(=O)O)c2nc(N3Cc4ccccc4C3)cc(=O)n2c1. The van der Waals surface area contributed by atoms with E-state index in [2.05, 4.69) is 27.3 Å². The fourth-order valence-electron chi connectivity index (χ4n) is 4.36. The number of hydrogen-bond acceptors (Lipinski definition) is 6. The quantitative estimate of drug-likeness (QED) is 0.436. The first-order valence-corrected chi connectivity index (χ1v) is 10.8. The van der Waals surface area contributed by atoms with Crippen LogP contribution >= 0.6 is 0 Å². The lowest BCUT2D eigenvalue weighted by Crippen LogP contribution is -2.23. The standard InChI is InChI=1S/C25H22FN5O3/c1-14-9-18(15(2)27-19-7-8-20(26)28-23(19)25(33)34)24-29-21(10-22(32)31(24)11-14)30-12-16-5-3-4-6-17(16)13-30/h3-11,15,27H,12-13H2,1-2H3,(H,33,34)/t15-/m1/s1. The molecule has 9 heteroatoms. The molecule has 0 saturated carbocycles. The highest BCUT2D eigenvalue weighted by Gasteiger charge is 2.23. The summed E-state index contributed by atoms with van der Waals surface area (Å²) in [6, 6.07) is 13.6. The summed E-state index contributed by atoms with van der Waals surface area (Å²) in [5.41, 5.74) is 3.98. The summed E-state index contributed by atoms with van der Waals surface area (Å²) in [5, 5.41) is 12.5. The summed E-state index contributed by atoms with van der Waals surface area (Å²) in [5.74, 6) is -1.64. The molecule has 4 aromatic rings. The average Bonchev–Trinajstić information content (AvgIpc) is 3.24. The van der Waals surface area contributed by atoms with Crippen LogP contribution in [0.1, 0.15) is 45.7 Å². The van der Waals surface area contributed by atoms with Crippen LogP contribution in [0.5, 0.6) is 0 Å². The molecule has 0 saturated heterocycles. The second-order valence-electron chi connectivity index (χ2n) is 8.45. The van der Waals surface area contributed by atoms with Gasteiger partial charge in [-0.25, -0.2) is 14.8 Å². The molecule has 1 aromatic carbocycles. The Morgan fingerprint density at radius 1 is 1.12 bits per heavy atom. The van der Waals surface area contributed by atoms with Gasteiger partial charge in [-0.15, -0.1) is 0 Å². The first kappa shape index (κ1) is 21.6. The smallest absolute Gasteiger partial charge is 0.356 e. The molecule has 0 amide bonds. The van der Waals surface area contributed by atoms with Crippen molar-refractivity contribution in [2.75, 3.05) is 10.2 Å². The zero-order valence-corrected chi connectivity index (χ0v) is 18.6. The summed E-state index contributed by atoms with van der Waals surface area (Å²) < 4.78 is 15.0. The minimum atomic E-state index is -1.34. The van der Waals surface area contributed by atoms with Gasteiger partial charge in [0.25, 0.3) is 5.56 Å². The van der Waals surface area contributed by atoms with Crippen LogP contribution in [-0.4, -0.2) is 25.4 Å². The van der Waals surface area contributed by atoms with Gasteiger partial charge in [-0.1, -0.05) is 24.3 Å². The number of rotatable bonds is 5. The van der Waals surface area contributed by atoms with E-state index in [0.29, 0.717) is 30.1 Å². The van der Waals surface area contributed by atoms with Crippen molar-refractivity contribution < 1.29 is 14.3 Å². The molecule has 0 spiro atoms. The second kappa shape index (κ2) is 8.26. The first-order valence-electron chi connectivity index (χ1n) is 10.8. The Morgan fingerprint density at radius 2 is 1.82 bits per heavy atom. The van der Waals surface area contributed by atoms with Crippen LogP contribution in [0.3, 0.4) is 0 Å². The molecule has 0 aliphatic carbocycles. The lowest BCUT2D eigenvalue weighted by atomic mass is 10.1. The van der Waals surface area contributed by atoms with Gasteiger partial charge in [0, 0.05) is 30.9 Å². The third-order valence-corrected chi connectivity index (χ3v) is 5.98. The van der Waals surface area contributed by atoms with E-state index in [0.717, 1.165) is 11.6 Å². The number of anilines is 2. The van der Waals surface area contributed by atoms with Crippen molar-refractivity contribution in [1.82, 2.24) is 14.4 Å². The van der Waals surface area contributed by atoms with Crippen molar-refractivity contribution in [3.63, 3.8) is 0 Å². The Balaban J connectivity index is 1.56. The van der Waals surface area contributed by atoms with Crippen molar-refractivity contribution >= 4 is 23.1 Å². The summed E-state index contributed by atoms with van der Waals surface area (Å²) in [6.45, 7) is 5.03. The van der Waals surface area contributed by atoms with Gasteiger partial charge < -0.3 is 15.3 Å². The molecule has 2 N–H and O–H groups in total. The highest BCUT2D eigenvalue weighted by Crippen LogP contribution is 2.29. The van der Waals surface area contributed by atoms with Gasteiger partial charge in [0.1, 0.15) is 11.5 Å². The fourth-order valence-corrected chi connectivity index (χ4v) is 4.36. The van der Waals surface area contributed by atoms with E-state index in [-0.39, 0.29) is 11.2 Å². The topological polar surface area (TPSA) is 99.8 Å². The van der Waals surface area contributed by atoms with Crippen LogP contribution in [0.25, 0.3) is 5.65 Å². The Labute approximate surface area is 194 Å². The summed E-state index contributed by atoms with van der Waals surface area (Å²) in [6.07, 6.45) is 1.73. The van der Waals surface area contributed by atoms with Gasteiger partial charge in [0.05, 0.1) is 11.7 Å². The Morgan fingerprint density at radius 3 is 2.50 bits per heavy atom. The van der Waals surface area contributed by atoms with Gasteiger partial charge in [-0.2, -0.15) is 4.39 Å². The lowest BCUT2D eigenvalue weighted by Gasteiger charge is -2.21. The number of aryl methyl sites for hydroxylation is 1. The number of hydrogen-bond donors (Lipinski definition) is 2. The molecule has 34 heavy (non-hydrogen) atoms. The molecule has 4 heterocycles. The van der Waals surface area contributed by atoms with Crippen molar-refractivity contribution in [3.8, 4) is 0 Å². The minimum Gasteiger partial charge on any atom is -0.476 e. The van der Waals surface area contributed by atoms with Crippen LogP contribution in [0.4, 0.5) is 15.9 Å². The van der Waals surface area contributed by atoms with Gasteiger partial charge in [0.15, 0.2) is 5.69 Å². The Kier molecular flexibility index (Phi) is 5.24. The van der Waals surface area contributed by atoms with Gasteiger partial charge in [-0.05, 0) is 48.7 Å². The number of nitrogens with zero attached hydrogens (tertiary/aromatic N) is 4. The molecule has 1 atom stereocenters. The maximum atomic E-state index is 13.5. The van der Waals surface area contributed by atoms with E-state index < -0.39 is 23.7 Å². The van der Waals surface area contributed by atoms with Crippen LogP contribution < -0.4 is 15.8 Å². The number of nitrogens with one attached hydrogen (secondary N) is 1. The minimum absolute atomic E-state index is 0.176. The number of benzene rings is 1. The second-order valence-corrected chi connectivity index (χ2v) is 8.45. The number of halogens is 1. The number of fused-ring (bicyclic) bond motifs is 2. The molecule has 0 bridgehead atoms. The van der Waals surface area contributed by atoms with Crippen LogP contribution in [0, 0.1) is 12.9 Å². The molecule has 5 rings (SSSR count). The van der Waals surface area contributed by atoms with Crippen LogP contribution in [0.15, 0.2) is 59.5 Å². The number of aromatic nitrogens is 3. The van der Waals surface area contributed by atoms with E-state index in [1.165, 1.54) is 27.7 Å². The predicted molar refractivity (Wildman–Crippen MR) is 126 cm³/mol. The normalized spacial score (nSPS) is 13.7. The molecule has 172 valence electrons. The highest BCUT2D eigenvalue weighted by atomic mass is 19.1. The molecular weight excluding hydrogens is 437 g/mol. The first-order chi connectivity index (χ1) is 16.3. The molecule has 0 fully saturated rings. The fraction of sp³-hybridized carbons (Fsp3) is 0.200. The third-order valence-electron chi connectivity index (χ3n) is 5.98. The number of carboxylic acids is 1. The number of carboxylic acid groups (broad SMARTS) is 1. The predicted octanol–water partition coefficient (Wildman–Crippen LogP) is 3.93. The number of pyridine rings is 2. The van der Waals surface area contributed by atoms with Gasteiger partial charge in [0.2, 0.25) is 5.95 Å². The van der Waals surface area contributed by atoms with E-state index in [1.807, 2.05) is 32.0 Å². The lowest BCUT2D eigenvalue weighted by molar-refractivity contribution is 0.0690. The van der Waals surface area contributed by atoms with Crippen molar-refractivity contribution in [2.24, 2.45) is 0 Å². The van der Waals surface area contributed by atoms with Gasteiger partial charge >= 0.3 is 5.97 Å². The number of aromatic carboxylic acids is 1. The molecule has 1 aliphatic rings. The average molecular weight is 459 g/mol. The van der Waals surface area contributed by atoms with Crippen LogP contribution in [0.2, 0.25) is 0 Å². The molecule has 8 nitrogen and oxygen atoms in total. The molecule has 0 unspecified atom stereocenters. The molecule has 1 aliphatic heterocycles. The summed E-state index contributed by atoms with van der Waals surface area (Å²) in [7, 11) is 0. The van der Waals surface area contributed by atoms with Gasteiger partial charge in [-0.3, -0.25) is 9.20 Å². The van der Waals surface area contributed by atoms with E-state index in [1.54, 1.807) is 6.20 Å². The van der Waals surface area contributed by atoms with E-state index in [4.69, 9.17) is 4.98 Å². The molecular formula is C25H22FN5O3.